The molecule has 1 fully saturated rings. The second kappa shape index (κ2) is 9.54. The van der Waals surface area contributed by atoms with E-state index in [-0.39, 0.29) is 28.6 Å². The average Bonchev–Trinajstić information content (AvgIpc) is 3.44. The highest BCUT2D eigenvalue weighted by molar-refractivity contribution is 7.99. The standard InChI is InChI=1S/C24H24FN3O5S/c1-15(30-18-8-5-16(25)6-9-18)22-27-28-23(31-22)34-14-21(29)26-17-7-10-19-20(13-17)33-24(32-19)11-3-2-4-12-24/h5-10,13,15H,2-4,11-12,14H2,1H3,(H,26,29)/t15-/m0/s1. The smallest absolute Gasteiger partial charge is 0.277 e. The highest BCUT2D eigenvalue weighted by atomic mass is 32.2. The molecule has 8 nitrogen and oxygen atoms in total. The first-order valence-electron chi connectivity index (χ1n) is 11.2. The Kier molecular flexibility index (Phi) is 6.32. The molecule has 0 unspecified atom stereocenters. The van der Waals surface area contributed by atoms with Crippen LogP contribution in [0.15, 0.2) is 52.1 Å². The van der Waals surface area contributed by atoms with Crippen molar-refractivity contribution in [1.82, 2.24) is 10.2 Å². The van der Waals surface area contributed by atoms with Crippen molar-refractivity contribution in [2.24, 2.45) is 0 Å². The monoisotopic (exact) mass is 485 g/mol. The molecule has 0 radical (unpaired) electrons. The summed E-state index contributed by atoms with van der Waals surface area (Å²) in [6.45, 7) is 1.75. The van der Waals surface area contributed by atoms with E-state index < -0.39 is 11.9 Å². The zero-order chi connectivity index (χ0) is 23.5. The summed E-state index contributed by atoms with van der Waals surface area (Å²) in [5.74, 6) is 1.10. The minimum atomic E-state index is -0.549. The second-order valence-corrected chi connectivity index (χ2v) is 9.22. The van der Waals surface area contributed by atoms with Crippen molar-refractivity contribution in [2.45, 2.75) is 56.1 Å². The lowest BCUT2D eigenvalue weighted by molar-refractivity contribution is -0.113. The van der Waals surface area contributed by atoms with E-state index in [0.717, 1.165) is 37.4 Å². The number of halogens is 1. The molecule has 1 spiro atoms. The van der Waals surface area contributed by atoms with E-state index in [1.54, 1.807) is 19.1 Å². The largest absolute Gasteiger partial charge is 0.481 e. The Labute approximate surface area is 200 Å². The van der Waals surface area contributed by atoms with Crippen molar-refractivity contribution in [1.29, 1.82) is 0 Å². The van der Waals surface area contributed by atoms with Gasteiger partial charge in [0.15, 0.2) is 17.6 Å². The van der Waals surface area contributed by atoms with Crippen LogP contribution in [0.3, 0.4) is 0 Å². The van der Waals surface area contributed by atoms with Gasteiger partial charge in [-0.2, -0.15) is 0 Å². The van der Waals surface area contributed by atoms with Gasteiger partial charge in [-0.25, -0.2) is 4.39 Å². The summed E-state index contributed by atoms with van der Waals surface area (Å²) in [7, 11) is 0. The number of carbonyl (C=O) groups excluding carboxylic acids is 1. The van der Waals surface area contributed by atoms with Gasteiger partial charge in [0, 0.05) is 24.6 Å². The molecule has 1 aliphatic heterocycles. The number of rotatable bonds is 7. The van der Waals surface area contributed by atoms with Crippen LogP contribution in [0.1, 0.15) is 51.0 Å². The third-order valence-corrected chi connectivity index (χ3v) is 6.48. The van der Waals surface area contributed by atoms with Gasteiger partial charge in [0.05, 0.1) is 5.75 Å². The number of fused-ring (bicyclic) bond motifs is 1. The Balaban J connectivity index is 1.12. The van der Waals surface area contributed by atoms with Gasteiger partial charge >= 0.3 is 0 Å². The van der Waals surface area contributed by atoms with Gasteiger partial charge in [0.25, 0.3) is 16.9 Å². The molecule has 2 heterocycles. The Morgan fingerprint density at radius 3 is 2.68 bits per heavy atom. The lowest BCUT2D eigenvalue weighted by atomic mass is 9.94. The molecule has 1 N–H and O–H groups in total. The number of hydrogen-bond acceptors (Lipinski definition) is 8. The topological polar surface area (TPSA) is 95.7 Å². The summed E-state index contributed by atoms with van der Waals surface area (Å²) in [6, 6.07) is 11.1. The Hall–Kier alpha value is -3.27. The zero-order valence-corrected chi connectivity index (χ0v) is 19.4. The summed E-state index contributed by atoms with van der Waals surface area (Å²) in [4.78, 5) is 12.4. The fourth-order valence-corrected chi connectivity index (χ4v) is 4.57. The first kappa shape index (κ1) is 22.5. The van der Waals surface area contributed by atoms with Crippen LogP contribution in [0.5, 0.6) is 17.2 Å². The number of benzene rings is 2. The van der Waals surface area contributed by atoms with Crippen LogP contribution < -0.4 is 19.5 Å². The average molecular weight is 486 g/mol. The van der Waals surface area contributed by atoms with E-state index in [2.05, 4.69) is 15.5 Å². The lowest BCUT2D eigenvalue weighted by Gasteiger charge is -2.31. The molecule has 34 heavy (non-hydrogen) atoms. The van der Waals surface area contributed by atoms with Gasteiger partial charge in [-0.1, -0.05) is 18.2 Å². The zero-order valence-electron chi connectivity index (χ0n) is 18.6. The van der Waals surface area contributed by atoms with Crippen LogP contribution in [0, 0.1) is 5.82 Å². The number of amides is 1. The number of carbonyl (C=O) groups is 1. The normalized spacial score (nSPS) is 16.9. The summed E-state index contributed by atoms with van der Waals surface area (Å²) < 4.78 is 36.5. The van der Waals surface area contributed by atoms with E-state index in [1.807, 2.05) is 6.07 Å². The third-order valence-electron chi connectivity index (χ3n) is 5.66. The molecule has 3 aromatic rings. The number of nitrogens with zero attached hydrogens (tertiary/aromatic N) is 2. The van der Waals surface area contributed by atoms with Crippen molar-refractivity contribution < 1.29 is 27.8 Å². The molecule has 10 heteroatoms. The fourth-order valence-electron chi connectivity index (χ4n) is 4.00. The summed E-state index contributed by atoms with van der Waals surface area (Å²) in [5.41, 5.74) is 0.633. The van der Waals surface area contributed by atoms with Crippen molar-refractivity contribution in [3.05, 3.63) is 54.2 Å². The maximum Gasteiger partial charge on any atom is 0.277 e. The van der Waals surface area contributed by atoms with Crippen LogP contribution in [-0.2, 0) is 4.79 Å². The van der Waals surface area contributed by atoms with E-state index >= 15 is 0 Å². The molecule has 0 bridgehead atoms. The number of ether oxygens (including phenoxy) is 3. The summed E-state index contributed by atoms with van der Waals surface area (Å²) in [5, 5.41) is 11.0. The molecule has 2 aliphatic rings. The first-order valence-corrected chi connectivity index (χ1v) is 12.2. The minimum absolute atomic E-state index is 0.0905. The van der Waals surface area contributed by atoms with E-state index in [1.165, 1.54) is 30.7 Å². The molecule has 178 valence electrons. The van der Waals surface area contributed by atoms with Crippen LogP contribution in [0.25, 0.3) is 0 Å². The SMILES string of the molecule is C[C@H](Oc1ccc(F)cc1)c1nnc(SCC(=O)Nc2ccc3c(c2)OC2(CCCCC2)O3)o1. The second-order valence-electron chi connectivity index (χ2n) is 8.29. The predicted octanol–water partition coefficient (Wildman–Crippen LogP) is 5.51. The Bertz CT molecular complexity index is 1160. The van der Waals surface area contributed by atoms with Crippen LogP contribution in [0.2, 0.25) is 0 Å². The minimum Gasteiger partial charge on any atom is -0.481 e. The van der Waals surface area contributed by atoms with Gasteiger partial charge in [-0.15, -0.1) is 10.2 Å². The Morgan fingerprint density at radius 2 is 1.88 bits per heavy atom. The number of hydrogen-bond donors (Lipinski definition) is 1. The molecular formula is C24H24FN3O5S. The molecule has 1 aromatic heterocycles. The van der Waals surface area contributed by atoms with E-state index in [0.29, 0.717) is 22.9 Å². The summed E-state index contributed by atoms with van der Waals surface area (Å²) >= 11 is 1.12. The van der Waals surface area contributed by atoms with Gasteiger partial charge < -0.3 is 23.9 Å². The van der Waals surface area contributed by atoms with Gasteiger partial charge in [0.2, 0.25) is 5.91 Å². The van der Waals surface area contributed by atoms with Crippen LogP contribution >= 0.6 is 11.8 Å². The molecule has 1 amide bonds. The fraction of sp³-hybridized carbons (Fsp3) is 0.375. The van der Waals surface area contributed by atoms with Crippen molar-refractivity contribution in [3.63, 3.8) is 0 Å². The molecule has 1 saturated carbocycles. The number of thioether (sulfide) groups is 1. The lowest BCUT2D eigenvalue weighted by Crippen LogP contribution is -2.40. The number of anilines is 1. The Morgan fingerprint density at radius 1 is 1.12 bits per heavy atom. The van der Waals surface area contributed by atoms with Crippen molar-refractivity contribution in [3.8, 4) is 17.2 Å². The molecule has 2 aromatic carbocycles. The summed E-state index contributed by atoms with van der Waals surface area (Å²) in [6.07, 6.45) is 4.60. The maximum atomic E-state index is 13.0. The predicted molar refractivity (Wildman–Crippen MR) is 123 cm³/mol. The van der Waals surface area contributed by atoms with Crippen molar-refractivity contribution >= 4 is 23.4 Å². The van der Waals surface area contributed by atoms with Crippen molar-refractivity contribution in [2.75, 3.05) is 11.1 Å². The van der Waals surface area contributed by atoms with Gasteiger partial charge in [-0.05, 0) is 56.2 Å². The highest BCUT2D eigenvalue weighted by Gasteiger charge is 2.42. The third kappa shape index (κ3) is 5.11. The van der Waals surface area contributed by atoms with Crippen LogP contribution in [0.4, 0.5) is 10.1 Å². The van der Waals surface area contributed by atoms with E-state index in [4.69, 9.17) is 18.6 Å². The number of aromatic nitrogens is 2. The maximum absolute atomic E-state index is 13.0. The van der Waals surface area contributed by atoms with E-state index in [9.17, 15) is 9.18 Å². The molecular weight excluding hydrogens is 461 g/mol. The molecule has 0 saturated heterocycles. The molecule has 1 aliphatic carbocycles. The molecule has 5 rings (SSSR count). The van der Waals surface area contributed by atoms with Gasteiger partial charge in [-0.3, -0.25) is 4.79 Å². The quantitative estimate of drug-likeness (QED) is 0.438. The highest BCUT2D eigenvalue weighted by Crippen LogP contribution is 2.46. The first-order chi connectivity index (χ1) is 16.5. The molecule has 1 atom stereocenters. The van der Waals surface area contributed by atoms with Crippen LogP contribution in [-0.4, -0.2) is 27.6 Å². The van der Waals surface area contributed by atoms with Gasteiger partial charge in [0.1, 0.15) is 11.6 Å². The number of nitrogens with one attached hydrogen (secondary N) is 1.